The second-order valence-corrected chi connectivity index (χ2v) is 7.10. The maximum Gasteiger partial charge on any atom is 0.311 e. The Morgan fingerprint density at radius 1 is 1.38 bits per heavy atom. The molecule has 9 heteroatoms. The summed E-state index contributed by atoms with van der Waals surface area (Å²) in [6, 6.07) is 8.46. The van der Waals surface area contributed by atoms with Crippen LogP contribution in [0.3, 0.4) is 0 Å². The van der Waals surface area contributed by atoms with Gasteiger partial charge in [-0.15, -0.1) is 0 Å². The average Bonchev–Trinajstić information content (AvgIpc) is 2.60. The van der Waals surface area contributed by atoms with Gasteiger partial charge >= 0.3 is 5.97 Å². The lowest BCUT2D eigenvalue weighted by molar-refractivity contribution is -0.139. The molecule has 2 rings (SSSR count). The molecule has 26 heavy (non-hydrogen) atoms. The number of rotatable bonds is 7. The number of methoxy groups -OCH3 is 1. The molecule has 0 spiro atoms. The fourth-order valence-corrected chi connectivity index (χ4v) is 3.10. The van der Waals surface area contributed by atoms with E-state index in [1.165, 1.54) is 13.2 Å². The molecule has 1 amide bonds. The fourth-order valence-electron chi connectivity index (χ4n) is 2.04. The molecule has 1 aromatic heterocycles. The first kappa shape index (κ1) is 20.0. The van der Waals surface area contributed by atoms with E-state index >= 15 is 0 Å². The van der Waals surface area contributed by atoms with Crippen LogP contribution in [0.1, 0.15) is 18.2 Å². The summed E-state index contributed by atoms with van der Waals surface area (Å²) >= 11 is 7.15. The number of halogens is 1. The van der Waals surface area contributed by atoms with Crippen molar-refractivity contribution in [2.75, 3.05) is 7.11 Å². The van der Waals surface area contributed by atoms with Crippen molar-refractivity contribution >= 4 is 35.2 Å². The number of thioether (sulfide) groups is 1. The average molecular weight is 396 g/mol. The molecule has 0 aliphatic carbocycles. The van der Waals surface area contributed by atoms with E-state index in [4.69, 9.17) is 11.6 Å². The van der Waals surface area contributed by atoms with E-state index in [1.807, 2.05) is 18.2 Å². The molecule has 7 nitrogen and oxygen atoms in total. The van der Waals surface area contributed by atoms with Gasteiger partial charge in [0.15, 0.2) is 5.16 Å². The first-order chi connectivity index (χ1) is 12.4. The number of hydrogen-bond acceptors (Lipinski definition) is 6. The Morgan fingerprint density at radius 3 is 2.81 bits per heavy atom. The zero-order valence-electron chi connectivity index (χ0n) is 14.2. The molecule has 0 saturated carbocycles. The van der Waals surface area contributed by atoms with Gasteiger partial charge in [-0.05, 0) is 18.6 Å². The van der Waals surface area contributed by atoms with Crippen molar-refractivity contribution in [1.82, 2.24) is 15.3 Å². The number of amides is 1. The van der Waals surface area contributed by atoms with Gasteiger partial charge in [0.1, 0.15) is 0 Å². The fraction of sp³-hybridized carbons (Fsp3) is 0.294. The van der Waals surface area contributed by atoms with Gasteiger partial charge in [0, 0.05) is 17.6 Å². The van der Waals surface area contributed by atoms with Crippen LogP contribution in [0.2, 0.25) is 5.02 Å². The van der Waals surface area contributed by atoms with Crippen molar-refractivity contribution in [3.63, 3.8) is 0 Å². The molecule has 0 radical (unpaired) electrons. The van der Waals surface area contributed by atoms with E-state index in [0.29, 0.717) is 11.6 Å². The summed E-state index contributed by atoms with van der Waals surface area (Å²) in [4.78, 5) is 42.0. The predicted molar refractivity (Wildman–Crippen MR) is 99.2 cm³/mol. The van der Waals surface area contributed by atoms with Crippen LogP contribution in [0, 0.1) is 0 Å². The Balaban J connectivity index is 1.99. The number of nitrogens with zero attached hydrogens (tertiary/aromatic N) is 1. The Kier molecular flexibility index (Phi) is 7.23. The summed E-state index contributed by atoms with van der Waals surface area (Å²) in [5.74, 6) is -0.722. The Hall–Kier alpha value is -2.32. The number of benzene rings is 1. The zero-order valence-corrected chi connectivity index (χ0v) is 15.8. The van der Waals surface area contributed by atoms with Crippen molar-refractivity contribution in [3.05, 3.63) is 57.0 Å². The SMILES string of the molecule is COC(=O)Cc1cc(=O)[nH]c(S[C@@H](C)C(=O)NCc2ccccc2Cl)n1. The number of carbonyl (C=O) groups is 2. The van der Waals surface area contributed by atoms with E-state index in [1.54, 1.807) is 13.0 Å². The Labute approximate surface area is 159 Å². The molecule has 0 aliphatic rings. The molecule has 0 saturated heterocycles. The zero-order chi connectivity index (χ0) is 19.1. The number of nitrogens with one attached hydrogen (secondary N) is 2. The third-order valence-electron chi connectivity index (χ3n) is 3.39. The smallest absolute Gasteiger partial charge is 0.311 e. The molecule has 1 atom stereocenters. The number of esters is 1. The van der Waals surface area contributed by atoms with Crippen LogP contribution in [0.4, 0.5) is 0 Å². The monoisotopic (exact) mass is 395 g/mol. The van der Waals surface area contributed by atoms with Gasteiger partial charge in [-0.1, -0.05) is 41.6 Å². The first-order valence-corrected chi connectivity index (χ1v) is 8.99. The molecule has 1 heterocycles. The molecular weight excluding hydrogens is 378 g/mol. The quantitative estimate of drug-likeness (QED) is 0.422. The maximum atomic E-state index is 12.3. The maximum absolute atomic E-state index is 12.3. The number of ether oxygens (including phenoxy) is 1. The summed E-state index contributed by atoms with van der Waals surface area (Å²) in [6.45, 7) is 2.00. The van der Waals surface area contributed by atoms with Gasteiger partial charge in [0.05, 0.1) is 24.5 Å². The van der Waals surface area contributed by atoms with Gasteiger partial charge < -0.3 is 15.0 Å². The van der Waals surface area contributed by atoms with E-state index in [2.05, 4.69) is 20.0 Å². The van der Waals surface area contributed by atoms with Gasteiger partial charge in [-0.3, -0.25) is 14.4 Å². The van der Waals surface area contributed by atoms with Crippen LogP contribution in [0.15, 0.2) is 40.3 Å². The number of carbonyl (C=O) groups excluding carboxylic acids is 2. The number of H-pyrrole nitrogens is 1. The highest BCUT2D eigenvalue weighted by molar-refractivity contribution is 8.00. The topological polar surface area (TPSA) is 101 Å². The number of aromatic amines is 1. The summed E-state index contributed by atoms with van der Waals surface area (Å²) < 4.78 is 4.56. The van der Waals surface area contributed by atoms with Crippen molar-refractivity contribution in [2.45, 2.75) is 30.3 Å². The third-order valence-corrected chi connectivity index (χ3v) is 4.75. The molecule has 2 N–H and O–H groups in total. The van der Waals surface area contributed by atoms with Gasteiger partial charge in [0.25, 0.3) is 5.56 Å². The van der Waals surface area contributed by atoms with Gasteiger partial charge in [-0.25, -0.2) is 4.98 Å². The molecule has 0 fully saturated rings. The molecular formula is C17H18ClN3O4S. The van der Waals surface area contributed by atoms with Crippen LogP contribution < -0.4 is 10.9 Å². The Morgan fingerprint density at radius 2 is 2.12 bits per heavy atom. The number of aromatic nitrogens is 2. The van der Waals surface area contributed by atoms with E-state index in [0.717, 1.165) is 17.3 Å². The molecule has 0 bridgehead atoms. The van der Waals surface area contributed by atoms with Crippen LogP contribution in [0.25, 0.3) is 0 Å². The molecule has 2 aromatic rings. The van der Waals surface area contributed by atoms with Crippen LogP contribution in [-0.4, -0.2) is 34.2 Å². The number of hydrogen-bond donors (Lipinski definition) is 2. The van der Waals surface area contributed by atoms with Crippen LogP contribution in [0.5, 0.6) is 0 Å². The summed E-state index contributed by atoms with van der Waals surface area (Å²) in [5.41, 5.74) is 0.697. The van der Waals surface area contributed by atoms with Gasteiger partial charge in [0.2, 0.25) is 5.91 Å². The normalized spacial score (nSPS) is 11.7. The first-order valence-electron chi connectivity index (χ1n) is 7.74. The molecule has 1 aromatic carbocycles. The lowest BCUT2D eigenvalue weighted by Crippen LogP contribution is -2.30. The lowest BCUT2D eigenvalue weighted by atomic mass is 10.2. The van der Waals surface area contributed by atoms with E-state index in [-0.39, 0.29) is 23.2 Å². The standard InChI is InChI=1S/C17H18ClN3O4S/c1-10(16(24)19-9-11-5-3-4-6-13(11)18)26-17-20-12(7-14(22)21-17)8-15(23)25-2/h3-7,10H,8-9H2,1-2H3,(H,19,24)(H,20,21,22)/t10-/m0/s1. The predicted octanol–water partition coefficient (Wildman–Crippen LogP) is 1.94. The molecule has 0 unspecified atom stereocenters. The molecule has 0 aliphatic heterocycles. The second kappa shape index (κ2) is 9.40. The summed E-state index contributed by atoms with van der Waals surface area (Å²) in [5, 5.41) is 3.13. The highest BCUT2D eigenvalue weighted by Crippen LogP contribution is 2.19. The van der Waals surface area contributed by atoms with Gasteiger partial charge in [-0.2, -0.15) is 0 Å². The van der Waals surface area contributed by atoms with E-state index < -0.39 is 16.8 Å². The van der Waals surface area contributed by atoms with Crippen LogP contribution >= 0.6 is 23.4 Å². The largest absolute Gasteiger partial charge is 0.469 e. The minimum absolute atomic E-state index is 0.110. The third kappa shape index (κ3) is 5.89. The van der Waals surface area contributed by atoms with Crippen molar-refractivity contribution < 1.29 is 14.3 Å². The minimum atomic E-state index is -0.506. The highest BCUT2D eigenvalue weighted by Gasteiger charge is 2.17. The summed E-state index contributed by atoms with van der Waals surface area (Å²) in [7, 11) is 1.26. The Bertz CT molecular complexity index is 856. The van der Waals surface area contributed by atoms with E-state index in [9.17, 15) is 14.4 Å². The van der Waals surface area contributed by atoms with Crippen LogP contribution in [-0.2, 0) is 27.3 Å². The van der Waals surface area contributed by atoms with Crippen molar-refractivity contribution in [3.8, 4) is 0 Å². The summed E-state index contributed by atoms with van der Waals surface area (Å²) in [6.07, 6.45) is -0.110. The van der Waals surface area contributed by atoms with Crippen molar-refractivity contribution in [2.24, 2.45) is 0 Å². The molecule has 138 valence electrons. The lowest BCUT2D eigenvalue weighted by Gasteiger charge is -2.12. The van der Waals surface area contributed by atoms with Crippen molar-refractivity contribution in [1.29, 1.82) is 0 Å². The minimum Gasteiger partial charge on any atom is -0.469 e. The highest BCUT2D eigenvalue weighted by atomic mass is 35.5. The second-order valence-electron chi connectivity index (χ2n) is 5.36.